The molecule has 2 rings (SSSR count). The summed E-state index contributed by atoms with van der Waals surface area (Å²) >= 11 is 0. The van der Waals surface area contributed by atoms with Crippen LogP contribution in [0.5, 0.6) is 11.5 Å². The maximum Gasteiger partial charge on any atom is 0.224 e. The van der Waals surface area contributed by atoms with Gasteiger partial charge in [-0.3, -0.25) is 9.59 Å². The molecule has 2 amide bonds. The number of methoxy groups -OCH3 is 3. The molecular formula is C17H24N2O5. The molecule has 1 saturated carbocycles. The lowest BCUT2D eigenvalue weighted by atomic mass is 10.2. The Balaban J connectivity index is 1.79. The molecule has 1 aliphatic rings. The van der Waals surface area contributed by atoms with E-state index in [1.165, 1.54) is 0 Å². The molecule has 1 aliphatic carbocycles. The molecule has 1 fully saturated rings. The van der Waals surface area contributed by atoms with Crippen molar-refractivity contribution in [2.75, 3.05) is 34.5 Å². The van der Waals surface area contributed by atoms with E-state index in [0.717, 1.165) is 5.56 Å². The molecule has 0 bridgehead atoms. The summed E-state index contributed by atoms with van der Waals surface area (Å²) in [4.78, 5) is 24.0. The summed E-state index contributed by atoms with van der Waals surface area (Å²) in [5.41, 5.74) is 0.905. The minimum atomic E-state index is -0.243. The summed E-state index contributed by atoms with van der Waals surface area (Å²) in [6.07, 6.45) is 0.594. The Labute approximate surface area is 141 Å². The van der Waals surface area contributed by atoms with Crippen LogP contribution in [0.25, 0.3) is 0 Å². The van der Waals surface area contributed by atoms with Gasteiger partial charge in [-0.1, -0.05) is 6.07 Å². The first-order valence-corrected chi connectivity index (χ1v) is 7.86. The number of rotatable bonds is 9. The number of carbonyl (C=O) groups excluding carboxylic acids is 2. The van der Waals surface area contributed by atoms with Gasteiger partial charge in [0.1, 0.15) is 0 Å². The highest BCUT2D eigenvalue weighted by molar-refractivity contribution is 5.92. The van der Waals surface area contributed by atoms with Crippen LogP contribution in [0, 0.1) is 11.8 Å². The molecule has 7 heteroatoms. The van der Waals surface area contributed by atoms with Crippen LogP contribution in [-0.4, -0.2) is 46.3 Å². The van der Waals surface area contributed by atoms with Crippen LogP contribution >= 0.6 is 0 Å². The van der Waals surface area contributed by atoms with Crippen LogP contribution in [0.3, 0.4) is 0 Å². The minimum Gasteiger partial charge on any atom is -0.493 e. The van der Waals surface area contributed by atoms with Crippen molar-refractivity contribution in [1.29, 1.82) is 0 Å². The predicted molar refractivity (Wildman–Crippen MR) is 87.9 cm³/mol. The zero-order chi connectivity index (χ0) is 17.5. The number of benzene rings is 1. The Morgan fingerprint density at radius 1 is 1.04 bits per heavy atom. The first-order chi connectivity index (χ1) is 11.6. The van der Waals surface area contributed by atoms with Crippen molar-refractivity contribution < 1.29 is 23.8 Å². The number of hydrogen-bond donors (Lipinski definition) is 2. The molecule has 2 N–H and O–H groups in total. The van der Waals surface area contributed by atoms with Crippen molar-refractivity contribution in [1.82, 2.24) is 10.6 Å². The molecule has 0 aliphatic heterocycles. The van der Waals surface area contributed by atoms with E-state index in [2.05, 4.69) is 10.6 Å². The number of hydrogen-bond acceptors (Lipinski definition) is 5. The molecule has 1 aromatic carbocycles. The topological polar surface area (TPSA) is 85.9 Å². The highest BCUT2D eigenvalue weighted by Gasteiger charge is 2.47. The molecule has 0 heterocycles. The van der Waals surface area contributed by atoms with Crippen LogP contribution in [0.15, 0.2) is 18.2 Å². The van der Waals surface area contributed by atoms with E-state index in [0.29, 0.717) is 37.6 Å². The molecule has 7 nitrogen and oxygen atoms in total. The summed E-state index contributed by atoms with van der Waals surface area (Å²) in [7, 11) is 4.72. The summed E-state index contributed by atoms with van der Waals surface area (Å²) in [6, 6.07) is 5.48. The summed E-state index contributed by atoms with van der Waals surface area (Å²) in [5.74, 6) is 0.601. The quantitative estimate of drug-likeness (QED) is 0.649. The highest BCUT2D eigenvalue weighted by atomic mass is 16.5. The van der Waals surface area contributed by atoms with Gasteiger partial charge < -0.3 is 24.8 Å². The van der Waals surface area contributed by atoms with Crippen LogP contribution < -0.4 is 20.1 Å². The lowest BCUT2D eigenvalue weighted by molar-refractivity contribution is -0.127. The Hall–Kier alpha value is -2.28. The number of ether oxygens (including phenoxy) is 3. The second kappa shape index (κ2) is 8.54. The first kappa shape index (κ1) is 18.1. The predicted octanol–water partition coefficient (Wildman–Crippen LogP) is 0.719. The highest BCUT2D eigenvalue weighted by Crippen LogP contribution is 2.38. The molecule has 2 atom stereocenters. The van der Waals surface area contributed by atoms with Gasteiger partial charge in [-0.2, -0.15) is 0 Å². The molecular weight excluding hydrogens is 312 g/mol. The Bertz CT molecular complexity index is 590. The SMILES string of the molecule is COCCNC(=O)C1CC1C(=O)NCc1ccc(OC)c(OC)c1. The van der Waals surface area contributed by atoms with Crippen molar-refractivity contribution in [3.05, 3.63) is 23.8 Å². The molecule has 0 spiro atoms. The van der Waals surface area contributed by atoms with Gasteiger partial charge in [0, 0.05) is 20.2 Å². The zero-order valence-electron chi connectivity index (χ0n) is 14.3. The lowest BCUT2D eigenvalue weighted by Crippen LogP contribution is -2.31. The lowest BCUT2D eigenvalue weighted by Gasteiger charge is -2.10. The second-order valence-corrected chi connectivity index (χ2v) is 5.64. The fourth-order valence-corrected chi connectivity index (χ4v) is 2.49. The third-order valence-electron chi connectivity index (χ3n) is 3.98. The zero-order valence-corrected chi connectivity index (χ0v) is 14.3. The average Bonchev–Trinajstić information content (AvgIpc) is 3.40. The average molecular weight is 336 g/mol. The Morgan fingerprint density at radius 2 is 1.71 bits per heavy atom. The smallest absolute Gasteiger partial charge is 0.224 e. The van der Waals surface area contributed by atoms with Crippen LogP contribution in [0.2, 0.25) is 0 Å². The van der Waals surface area contributed by atoms with E-state index in [4.69, 9.17) is 14.2 Å². The van der Waals surface area contributed by atoms with Gasteiger partial charge in [0.2, 0.25) is 11.8 Å². The molecule has 1 aromatic rings. The molecule has 0 aromatic heterocycles. The van der Waals surface area contributed by atoms with E-state index in [1.54, 1.807) is 27.4 Å². The van der Waals surface area contributed by atoms with E-state index in [9.17, 15) is 9.59 Å². The van der Waals surface area contributed by atoms with Crippen molar-refractivity contribution in [3.63, 3.8) is 0 Å². The first-order valence-electron chi connectivity index (χ1n) is 7.86. The van der Waals surface area contributed by atoms with Gasteiger partial charge in [0.25, 0.3) is 0 Å². The Morgan fingerprint density at radius 3 is 2.33 bits per heavy atom. The van der Waals surface area contributed by atoms with Gasteiger partial charge in [-0.15, -0.1) is 0 Å². The second-order valence-electron chi connectivity index (χ2n) is 5.64. The van der Waals surface area contributed by atoms with Gasteiger partial charge in [0.05, 0.1) is 32.7 Å². The number of carbonyl (C=O) groups is 2. The monoisotopic (exact) mass is 336 g/mol. The van der Waals surface area contributed by atoms with Crippen LogP contribution in [0.1, 0.15) is 12.0 Å². The van der Waals surface area contributed by atoms with Gasteiger partial charge >= 0.3 is 0 Å². The van der Waals surface area contributed by atoms with Crippen molar-refractivity contribution in [2.24, 2.45) is 11.8 Å². The van der Waals surface area contributed by atoms with Crippen molar-refractivity contribution >= 4 is 11.8 Å². The number of amides is 2. The molecule has 2 unspecified atom stereocenters. The molecule has 0 radical (unpaired) electrons. The van der Waals surface area contributed by atoms with Crippen LogP contribution in [-0.2, 0) is 20.9 Å². The minimum absolute atomic E-state index is 0.0849. The summed E-state index contributed by atoms with van der Waals surface area (Å²) in [6.45, 7) is 1.31. The van der Waals surface area contributed by atoms with E-state index < -0.39 is 0 Å². The van der Waals surface area contributed by atoms with Gasteiger partial charge in [0.15, 0.2) is 11.5 Å². The largest absolute Gasteiger partial charge is 0.493 e. The normalized spacial score (nSPS) is 18.6. The summed E-state index contributed by atoms with van der Waals surface area (Å²) < 4.78 is 15.3. The van der Waals surface area contributed by atoms with E-state index in [1.807, 2.05) is 12.1 Å². The number of nitrogens with one attached hydrogen (secondary N) is 2. The van der Waals surface area contributed by atoms with Gasteiger partial charge in [-0.05, 0) is 24.1 Å². The molecule has 0 saturated heterocycles. The molecule has 24 heavy (non-hydrogen) atoms. The van der Waals surface area contributed by atoms with E-state index in [-0.39, 0.29) is 23.7 Å². The third-order valence-corrected chi connectivity index (χ3v) is 3.98. The summed E-state index contributed by atoms with van der Waals surface area (Å²) in [5, 5.41) is 5.62. The third kappa shape index (κ3) is 4.61. The maximum absolute atomic E-state index is 12.1. The molecule has 132 valence electrons. The Kier molecular flexibility index (Phi) is 6.43. The standard InChI is InChI=1S/C17H24N2O5/c1-22-7-6-18-16(20)12-9-13(12)17(21)19-10-11-4-5-14(23-2)15(8-11)24-3/h4-5,8,12-13H,6-7,9-10H2,1-3H3,(H,18,20)(H,19,21). The van der Waals surface area contributed by atoms with Gasteiger partial charge in [-0.25, -0.2) is 0 Å². The van der Waals surface area contributed by atoms with Crippen LogP contribution in [0.4, 0.5) is 0 Å². The fraction of sp³-hybridized carbons (Fsp3) is 0.529. The van der Waals surface area contributed by atoms with Crippen molar-refractivity contribution in [2.45, 2.75) is 13.0 Å². The van der Waals surface area contributed by atoms with E-state index >= 15 is 0 Å². The fourth-order valence-electron chi connectivity index (χ4n) is 2.49. The van der Waals surface area contributed by atoms with Crippen molar-refractivity contribution in [3.8, 4) is 11.5 Å². The maximum atomic E-state index is 12.1.